The molecule has 3 heterocycles. The standard InChI is InChI=1S/C22H26N4O4S/c1-4-29-22(27)18-13(2)17-19(24-12-25-21(17)31-18)26-16-9-6-10-23-20(16)30-15-8-5-7-14(11-15)28-3/h6,9-10,12,14-15H,4-5,7-8,11H2,1-3H3,(H,24,25,26)/t14-,15-/m0/s1. The Morgan fingerprint density at radius 2 is 2.10 bits per heavy atom. The number of carbonyl (C=O) groups excluding carboxylic acids is 1. The lowest BCUT2D eigenvalue weighted by Crippen LogP contribution is -2.29. The fraction of sp³-hybridized carbons (Fsp3) is 0.455. The fourth-order valence-electron chi connectivity index (χ4n) is 3.85. The van der Waals surface area contributed by atoms with Crippen molar-refractivity contribution < 1.29 is 19.0 Å². The van der Waals surface area contributed by atoms with Crippen molar-refractivity contribution in [2.24, 2.45) is 0 Å². The monoisotopic (exact) mass is 442 g/mol. The molecule has 1 aliphatic rings. The number of aromatic nitrogens is 3. The third kappa shape index (κ3) is 4.62. The van der Waals surface area contributed by atoms with E-state index in [1.165, 1.54) is 17.7 Å². The van der Waals surface area contributed by atoms with Gasteiger partial charge in [-0.1, -0.05) is 0 Å². The Bertz CT molecular complexity index is 1070. The molecule has 8 nitrogen and oxygen atoms in total. The number of aryl methyl sites for hydroxylation is 1. The molecule has 0 radical (unpaired) electrons. The summed E-state index contributed by atoms with van der Waals surface area (Å²) >= 11 is 1.31. The SMILES string of the molecule is CCOC(=O)c1sc2ncnc(Nc3cccnc3O[C@H]3CCC[C@H](OC)C3)c2c1C. The van der Waals surface area contributed by atoms with E-state index in [4.69, 9.17) is 14.2 Å². The molecule has 0 spiro atoms. The summed E-state index contributed by atoms with van der Waals surface area (Å²) in [5.41, 5.74) is 1.51. The molecular weight excluding hydrogens is 416 g/mol. The highest BCUT2D eigenvalue weighted by molar-refractivity contribution is 7.20. The number of pyridine rings is 1. The molecule has 0 amide bonds. The minimum absolute atomic E-state index is 0.0536. The van der Waals surface area contributed by atoms with Crippen LogP contribution in [0.1, 0.15) is 47.8 Å². The molecule has 9 heteroatoms. The zero-order chi connectivity index (χ0) is 21.8. The van der Waals surface area contributed by atoms with E-state index >= 15 is 0 Å². The molecule has 0 aromatic carbocycles. The number of ether oxygens (including phenoxy) is 3. The highest BCUT2D eigenvalue weighted by atomic mass is 32.1. The van der Waals surface area contributed by atoms with E-state index in [2.05, 4.69) is 20.3 Å². The van der Waals surface area contributed by atoms with E-state index in [0.29, 0.717) is 28.9 Å². The third-order valence-electron chi connectivity index (χ3n) is 5.40. The number of nitrogens with zero attached hydrogens (tertiary/aromatic N) is 3. The number of hydrogen-bond acceptors (Lipinski definition) is 9. The van der Waals surface area contributed by atoms with Gasteiger partial charge in [0, 0.05) is 19.7 Å². The number of thiophene rings is 1. The number of anilines is 2. The summed E-state index contributed by atoms with van der Waals surface area (Å²) in [5, 5.41) is 4.13. The number of esters is 1. The van der Waals surface area contributed by atoms with Crippen LogP contribution in [0.4, 0.5) is 11.5 Å². The van der Waals surface area contributed by atoms with Gasteiger partial charge in [0.05, 0.1) is 18.1 Å². The average molecular weight is 443 g/mol. The molecule has 0 bridgehead atoms. The first-order valence-corrected chi connectivity index (χ1v) is 11.2. The lowest BCUT2D eigenvalue weighted by atomic mass is 9.95. The molecule has 4 rings (SSSR count). The molecule has 1 aliphatic carbocycles. The van der Waals surface area contributed by atoms with E-state index in [1.54, 1.807) is 20.2 Å². The number of hydrogen-bond donors (Lipinski definition) is 1. The van der Waals surface area contributed by atoms with Gasteiger partial charge >= 0.3 is 5.97 Å². The average Bonchev–Trinajstić information content (AvgIpc) is 3.13. The molecular formula is C22H26N4O4S. The van der Waals surface area contributed by atoms with Crippen molar-refractivity contribution in [1.82, 2.24) is 15.0 Å². The normalized spacial score (nSPS) is 18.7. The molecule has 3 aromatic rings. The van der Waals surface area contributed by atoms with E-state index in [-0.39, 0.29) is 18.2 Å². The number of fused-ring (bicyclic) bond motifs is 1. The van der Waals surface area contributed by atoms with Crippen molar-refractivity contribution in [3.8, 4) is 5.88 Å². The van der Waals surface area contributed by atoms with E-state index in [1.807, 2.05) is 19.1 Å². The molecule has 1 N–H and O–H groups in total. The second-order valence-corrected chi connectivity index (χ2v) is 8.42. The van der Waals surface area contributed by atoms with Gasteiger partial charge in [0.1, 0.15) is 33.6 Å². The summed E-state index contributed by atoms with van der Waals surface area (Å²) < 4.78 is 16.9. The van der Waals surface area contributed by atoms with Crippen LogP contribution in [-0.2, 0) is 9.47 Å². The summed E-state index contributed by atoms with van der Waals surface area (Å²) in [7, 11) is 1.74. The first kappa shape index (κ1) is 21.5. The van der Waals surface area contributed by atoms with Crippen LogP contribution in [0.25, 0.3) is 10.2 Å². The minimum atomic E-state index is -0.343. The van der Waals surface area contributed by atoms with Gasteiger partial charge in [-0.25, -0.2) is 19.7 Å². The maximum Gasteiger partial charge on any atom is 0.348 e. The van der Waals surface area contributed by atoms with E-state index in [0.717, 1.165) is 41.5 Å². The van der Waals surface area contributed by atoms with Crippen molar-refractivity contribution >= 4 is 39.0 Å². The van der Waals surface area contributed by atoms with Gasteiger partial charge in [0.25, 0.3) is 0 Å². The first-order chi connectivity index (χ1) is 15.1. The molecule has 0 aliphatic heterocycles. The van der Waals surface area contributed by atoms with Crippen molar-refractivity contribution in [2.45, 2.75) is 51.7 Å². The van der Waals surface area contributed by atoms with Crippen LogP contribution in [-0.4, -0.2) is 46.8 Å². The predicted octanol–water partition coefficient (Wildman–Crippen LogP) is 4.65. The van der Waals surface area contributed by atoms with Gasteiger partial charge in [-0.3, -0.25) is 0 Å². The molecule has 1 saturated carbocycles. The Balaban J connectivity index is 1.62. The Hall–Kier alpha value is -2.78. The van der Waals surface area contributed by atoms with Crippen LogP contribution in [0.3, 0.4) is 0 Å². The minimum Gasteiger partial charge on any atom is -0.473 e. The topological polar surface area (TPSA) is 95.5 Å². The predicted molar refractivity (Wildman–Crippen MR) is 119 cm³/mol. The molecule has 164 valence electrons. The summed E-state index contributed by atoms with van der Waals surface area (Å²) in [6.07, 6.45) is 7.40. The summed E-state index contributed by atoms with van der Waals surface area (Å²) in [6.45, 7) is 4.00. The molecule has 31 heavy (non-hydrogen) atoms. The fourth-order valence-corrected chi connectivity index (χ4v) is 4.89. The van der Waals surface area contributed by atoms with Gasteiger partial charge in [0.2, 0.25) is 5.88 Å². The van der Waals surface area contributed by atoms with E-state index < -0.39 is 0 Å². The van der Waals surface area contributed by atoms with Crippen LogP contribution >= 0.6 is 11.3 Å². The zero-order valence-corrected chi connectivity index (χ0v) is 18.7. The lowest BCUT2D eigenvalue weighted by Gasteiger charge is -2.28. The van der Waals surface area contributed by atoms with Crippen molar-refractivity contribution in [1.29, 1.82) is 0 Å². The lowest BCUT2D eigenvalue weighted by molar-refractivity contribution is 0.0197. The maximum atomic E-state index is 12.3. The molecule has 0 saturated heterocycles. The van der Waals surface area contributed by atoms with Crippen molar-refractivity contribution in [2.75, 3.05) is 19.0 Å². The van der Waals surface area contributed by atoms with Crippen LogP contribution in [0.15, 0.2) is 24.7 Å². The van der Waals surface area contributed by atoms with Crippen LogP contribution in [0.5, 0.6) is 5.88 Å². The maximum absolute atomic E-state index is 12.3. The van der Waals surface area contributed by atoms with Crippen molar-refractivity contribution in [3.05, 3.63) is 35.1 Å². The largest absolute Gasteiger partial charge is 0.473 e. The van der Waals surface area contributed by atoms with Gasteiger partial charge in [0.15, 0.2) is 0 Å². The highest BCUT2D eigenvalue weighted by Gasteiger charge is 2.25. The second kappa shape index (κ2) is 9.57. The number of methoxy groups -OCH3 is 1. The quantitative estimate of drug-likeness (QED) is 0.528. The van der Waals surface area contributed by atoms with Crippen LogP contribution < -0.4 is 10.1 Å². The number of carbonyl (C=O) groups is 1. The zero-order valence-electron chi connectivity index (χ0n) is 17.9. The second-order valence-electron chi connectivity index (χ2n) is 7.42. The Morgan fingerprint density at radius 3 is 2.90 bits per heavy atom. The highest BCUT2D eigenvalue weighted by Crippen LogP contribution is 2.36. The van der Waals surface area contributed by atoms with Gasteiger partial charge in [-0.15, -0.1) is 11.3 Å². The van der Waals surface area contributed by atoms with Gasteiger partial charge in [-0.05, 0) is 50.8 Å². The smallest absolute Gasteiger partial charge is 0.348 e. The van der Waals surface area contributed by atoms with E-state index in [9.17, 15) is 4.79 Å². The van der Waals surface area contributed by atoms with Gasteiger partial charge in [-0.2, -0.15) is 0 Å². The molecule has 2 atom stereocenters. The Kier molecular flexibility index (Phi) is 6.62. The Morgan fingerprint density at radius 1 is 1.26 bits per heavy atom. The summed E-state index contributed by atoms with van der Waals surface area (Å²) in [6, 6.07) is 3.75. The third-order valence-corrected chi connectivity index (χ3v) is 6.58. The number of nitrogens with one attached hydrogen (secondary N) is 1. The van der Waals surface area contributed by atoms with Crippen molar-refractivity contribution in [3.63, 3.8) is 0 Å². The molecule has 1 fully saturated rings. The first-order valence-electron chi connectivity index (χ1n) is 10.4. The summed E-state index contributed by atoms with van der Waals surface area (Å²) in [5.74, 6) is 0.782. The summed E-state index contributed by atoms with van der Waals surface area (Å²) in [4.78, 5) is 26.8. The number of rotatable bonds is 7. The Labute approximate surface area is 185 Å². The van der Waals surface area contributed by atoms with Crippen LogP contribution in [0, 0.1) is 6.92 Å². The molecule has 3 aromatic heterocycles. The van der Waals surface area contributed by atoms with Gasteiger partial charge < -0.3 is 19.5 Å². The van der Waals surface area contributed by atoms with Crippen LogP contribution in [0.2, 0.25) is 0 Å². The molecule has 0 unspecified atom stereocenters.